The monoisotopic (exact) mass is 417 g/mol. The van der Waals surface area contributed by atoms with Crippen molar-refractivity contribution in [1.29, 1.82) is 0 Å². The van der Waals surface area contributed by atoms with Gasteiger partial charge in [0, 0.05) is 5.56 Å². The molecule has 5 rings (SSSR count). The lowest BCUT2D eigenvalue weighted by molar-refractivity contribution is 0.0693. The highest BCUT2D eigenvalue weighted by atomic mass is 16.4. The average molecular weight is 417 g/mol. The number of piperidine rings is 1. The number of rotatable bonds is 5. The van der Waals surface area contributed by atoms with Gasteiger partial charge in [0.1, 0.15) is 28.7 Å². The van der Waals surface area contributed by atoms with E-state index in [9.17, 15) is 9.90 Å². The molecule has 3 N–H and O–H groups in total. The zero-order valence-electron chi connectivity index (χ0n) is 16.9. The van der Waals surface area contributed by atoms with Crippen molar-refractivity contribution in [3.8, 4) is 17.1 Å². The Labute approximate surface area is 179 Å². The van der Waals surface area contributed by atoms with Crippen molar-refractivity contribution in [2.24, 2.45) is 0 Å². The Kier molecular flexibility index (Phi) is 4.95. The second-order valence-corrected chi connectivity index (χ2v) is 7.92. The molecular formula is C24H23N3O4. The number of phenols is 1. The number of likely N-dealkylation sites (tertiary alicyclic amines) is 1. The van der Waals surface area contributed by atoms with Crippen molar-refractivity contribution in [3.63, 3.8) is 0 Å². The van der Waals surface area contributed by atoms with Gasteiger partial charge < -0.3 is 19.6 Å². The van der Waals surface area contributed by atoms with Crippen LogP contribution in [-0.2, 0) is 6.54 Å². The summed E-state index contributed by atoms with van der Waals surface area (Å²) < 4.78 is 6.04. The number of carboxylic acids is 1. The fourth-order valence-corrected chi connectivity index (χ4v) is 4.30. The summed E-state index contributed by atoms with van der Waals surface area (Å²) >= 11 is 0. The van der Waals surface area contributed by atoms with E-state index >= 15 is 0 Å². The minimum atomic E-state index is -1.16. The SMILES string of the molecule is O=C(O)c1ccc(-c2ccc(CN3CCCC[C@@H]3c3nc4ccccc4[nH]3)o2)cc1O. The fraction of sp³-hybridized carbons (Fsp3) is 0.250. The van der Waals surface area contributed by atoms with Crippen LogP contribution in [0, 0.1) is 0 Å². The topological polar surface area (TPSA) is 103 Å². The van der Waals surface area contributed by atoms with Gasteiger partial charge in [-0.1, -0.05) is 24.6 Å². The molecule has 2 aromatic carbocycles. The average Bonchev–Trinajstić information content (AvgIpc) is 3.41. The lowest BCUT2D eigenvalue weighted by Crippen LogP contribution is -2.33. The van der Waals surface area contributed by atoms with Crippen LogP contribution in [0.15, 0.2) is 59.0 Å². The number of hydrogen-bond acceptors (Lipinski definition) is 5. The molecule has 31 heavy (non-hydrogen) atoms. The second kappa shape index (κ2) is 7.92. The number of imidazole rings is 1. The standard InChI is InChI=1S/C24H23N3O4/c28-21-13-15(8-10-17(21)24(29)30)22-11-9-16(31-22)14-27-12-4-3-7-20(27)23-25-18-5-1-2-6-19(18)26-23/h1-2,5-6,8-11,13,20,28H,3-4,7,12,14H2,(H,25,26)(H,29,30)/t20-/m1/s1. The van der Waals surface area contributed by atoms with Gasteiger partial charge in [0.2, 0.25) is 0 Å². The van der Waals surface area contributed by atoms with Crippen LogP contribution < -0.4 is 0 Å². The molecular weight excluding hydrogens is 394 g/mol. The van der Waals surface area contributed by atoms with Crippen molar-refractivity contribution in [1.82, 2.24) is 14.9 Å². The third-order valence-corrected chi connectivity index (χ3v) is 5.87. The molecule has 3 heterocycles. The van der Waals surface area contributed by atoms with Gasteiger partial charge in [-0.2, -0.15) is 0 Å². The molecule has 158 valence electrons. The number of aromatic hydroxyl groups is 1. The first kappa shape index (κ1) is 19.4. The molecule has 0 bridgehead atoms. The van der Waals surface area contributed by atoms with E-state index in [1.807, 2.05) is 36.4 Å². The molecule has 1 aliphatic heterocycles. The normalized spacial score (nSPS) is 17.2. The summed E-state index contributed by atoms with van der Waals surface area (Å²) in [5.41, 5.74) is 2.54. The highest BCUT2D eigenvalue weighted by Gasteiger charge is 2.27. The summed E-state index contributed by atoms with van der Waals surface area (Å²) in [6, 6.07) is 16.5. The number of aromatic nitrogens is 2. The number of furan rings is 1. The van der Waals surface area contributed by atoms with Crippen LogP contribution in [-0.4, -0.2) is 37.6 Å². The van der Waals surface area contributed by atoms with E-state index in [0.29, 0.717) is 17.9 Å². The molecule has 4 aromatic rings. The molecule has 1 saturated heterocycles. The Morgan fingerprint density at radius 3 is 2.84 bits per heavy atom. The van der Waals surface area contributed by atoms with Crippen LogP contribution in [0.2, 0.25) is 0 Å². The number of para-hydroxylation sites is 2. The number of fused-ring (bicyclic) bond motifs is 1. The Balaban J connectivity index is 1.37. The summed E-state index contributed by atoms with van der Waals surface area (Å²) in [5.74, 6) is 0.969. The zero-order chi connectivity index (χ0) is 21.4. The minimum Gasteiger partial charge on any atom is -0.507 e. The van der Waals surface area contributed by atoms with Gasteiger partial charge in [-0.3, -0.25) is 4.90 Å². The maximum atomic E-state index is 11.1. The van der Waals surface area contributed by atoms with Crippen LogP contribution in [0.1, 0.15) is 47.2 Å². The van der Waals surface area contributed by atoms with E-state index < -0.39 is 5.97 Å². The highest BCUT2D eigenvalue weighted by Crippen LogP contribution is 2.33. The molecule has 7 heteroatoms. The van der Waals surface area contributed by atoms with E-state index in [4.69, 9.17) is 14.5 Å². The number of hydrogen-bond donors (Lipinski definition) is 3. The first-order valence-corrected chi connectivity index (χ1v) is 10.4. The molecule has 1 atom stereocenters. The number of nitrogens with one attached hydrogen (secondary N) is 1. The summed E-state index contributed by atoms with van der Waals surface area (Å²) in [7, 11) is 0. The summed E-state index contributed by atoms with van der Waals surface area (Å²) in [6.45, 7) is 1.62. The van der Waals surface area contributed by atoms with Crippen LogP contribution in [0.5, 0.6) is 5.75 Å². The van der Waals surface area contributed by atoms with E-state index in [1.54, 1.807) is 6.07 Å². The highest BCUT2D eigenvalue weighted by molar-refractivity contribution is 5.91. The molecule has 0 radical (unpaired) electrons. The van der Waals surface area contributed by atoms with Gasteiger partial charge in [0.25, 0.3) is 0 Å². The minimum absolute atomic E-state index is 0.127. The number of nitrogens with zero attached hydrogens (tertiary/aromatic N) is 2. The van der Waals surface area contributed by atoms with Gasteiger partial charge in [-0.15, -0.1) is 0 Å². The van der Waals surface area contributed by atoms with E-state index in [1.165, 1.54) is 12.1 Å². The van der Waals surface area contributed by atoms with Crippen molar-refractivity contribution in [2.75, 3.05) is 6.54 Å². The lowest BCUT2D eigenvalue weighted by Gasteiger charge is -2.33. The molecule has 0 amide bonds. The molecule has 0 saturated carbocycles. The van der Waals surface area contributed by atoms with Gasteiger partial charge in [0.05, 0.1) is 23.6 Å². The van der Waals surface area contributed by atoms with Gasteiger partial charge in [-0.25, -0.2) is 9.78 Å². The van der Waals surface area contributed by atoms with Crippen LogP contribution in [0.3, 0.4) is 0 Å². The third-order valence-electron chi connectivity index (χ3n) is 5.87. The number of aromatic amines is 1. The molecule has 0 unspecified atom stereocenters. The maximum Gasteiger partial charge on any atom is 0.339 e. The Morgan fingerprint density at radius 1 is 1.16 bits per heavy atom. The molecule has 2 aromatic heterocycles. The number of carboxylic acid groups (broad SMARTS) is 1. The largest absolute Gasteiger partial charge is 0.507 e. The first-order chi connectivity index (χ1) is 15.1. The Bertz CT molecular complexity index is 1210. The van der Waals surface area contributed by atoms with E-state index in [0.717, 1.165) is 48.4 Å². The van der Waals surface area contributed by atoms with Crippen LogP contribution in [0.4, 0.5) is 0 Å². The van der Waals surface area contributed by atoms with Crippen molar-refractivity contribution >= 4 is 17.0 Å². The summed E-state index contributed by atoms with van der Waals surface area (Å²) in [4.78, 5) is 21.8. The Hall–Kier alpha value is -3.58. The lowest BCUT2D eigenvalue weighted by atomic mass is 10.0. The molecule has 7 nitrogen and oxygen atoms in total. The predicted octanol–water partition coefficient (Wildman–Crippen LogP) is 4.95. The van der Waals surface area contributed by atoms with Crippen LogP contribution >= 0.6 is 0 Å². The quantitative estimate of drug-likeness (QED) is 0.424. The zero-order valence-corrected chi connectivity index (χ0v) is 16.9. The van der Waals surface area contributed by atoms with Gasteiger partial charge in [-0.05, 0) is 55.8 Å². The third kappa shape index (κ3) is 3.80. The smallest absolute Gasteiger partial charge is 0.339 e. The molecule has 1 fully saturated rings. The first-order valence-electron chi connectivity index (χ1n) is 10.4. The summed E-state index contributed by atoms with van der Waals surface area (Å²) in [6.07, 6.45) is 3.34. The van der Waals surface area contributed by atoms with Crippen molar-refractivity contribution in [2.45, 2.75) is 31.8 Å². The van der Waals surface area contributed by atoms with E-state index in [2.05, 4.69) is 9.88 Å². The molecule has 1 aliphatic rings. The van der Waals surface area contributed by atoms with Gasteiger partial charge >= 0.3 is 5.97 Å². The van der Waals surface area contributed by atoms with Crippen molar-refractivity contribution < 1.29 is 19.4 Å². The maximum absolute atomic E-state index is 11.1. The summed E-state index contributed by atoms with van der Waals surface area (Å²) in [5, 5.41) is 19.1. The number of benzene rings is 2. The number of carbonyl (C=O) groups is 1. The molecule has 0 aliphatic carbocycles. The number of aromatic carboxylic acids is 1. The Morgan fingerprint density at radius 2 is 2.03 bits per heavy atom. The predicted molar refractivity (Wildman–Crippen MR) is 116 cm³/mol. The van der Waals surface area contributed by atoms with E-state index in [-0.39, 0.29) is 17.4 Å². The fourth-order valence-electron chi connectivity index (χ4n) is 4.30. The van der Waals surface area contributed by atoms with Crippen molar-refractivity contribution in [3.05, 3.63) is 71.7 Å². The second-order valence-electron chi connectivity index (χ2n) is 7.92. The number of H-pyrrole nitrogens is 1. The van der Waals surface area contributed by atoms with Gasteiger partial charge in [0.15, 0.2) is 0 Å². The molecule has 0 spiro atoms. The van der Waals surface area contributed by atoms with Crippen LogP contribution in [0.25, 0.3) is 22.4 Å².